The zero-order chi connectivity index (χ0) is 11.1. The van der Waals surface area contributed by atoms with Gasteiger partial charge in [-0.15, -0.1) is 0 Å². The number of amides is 1. The van der Waals surface area contributed by atoms with Crippen LogP contribution in [0, 0.1) is 5.92 Å². The maximum absolute atomic E-state index is 11.5. The Balaban J connectivity index is 4.39. The van der Waals surface area contributed by atoms with E-state index >= 15 is 0 Å². The summed E-state index contributed by atoms with van der Waals surface area (Å²) in [6.45, 7) is 5.71. The van der Waals surface area contributed by atoms with Gasteiger partial charge in [-0.25, -0.2) is 4.79 Å². The molecule has 0 aromatic carbocycles. The SMILES string of the molecule is CCC(=O)C(NC(=O)OC)C(C)CC. The molecule has 0 aromatic heterocycles. The van der Waals surface area contributed by atoms with Gasteiger partial charge >= 0.3 is 6.09 Å². The van der Waals surface area contributed by atoms with Gasteiger partial charge in [0, 0.05) is 6.42 Å². The van der Waals surface area contributed by atoms with Crippen molar-refractivity contribution in [2.24, 2.45) is 5.92 Å². The van der Waals surface area contributed by atoms with Crippen LogP contribution in [0.25, 0.3) is 0 Å². The van der Waals surface area contributed by atoms with Gasteiger partial charge in [-0.1, -0.05) is 27.2 Å². The zero-order valence-corrected chi connectivity index (χ0v) is 9.29. The fourth-order valence-corrected chi connectivity index (χ4v) is 1.18. The fraction of sp³-hybridized carbons (Fsp3) is 0.800. The number of alkyl carbamates (subject to hydrolysis) is 1. The van der Waals surface area contributed by atoms with Gasteiger partial charge in [0.2, 0.25) is 0 Å². The number of ether oxygens (including phenoxy) is 1. The molecule has 2 atom stereocenters. The molecule has 0 spiro atoms. The minimum absolute atomic E-state index is 0.0461. The van der Waals surface area contributed by atoms with Crippen molar-refractivity contribution in [1.29, 1.82) is 0 Å². The van der Waals surface area contributed by atoms with Crippen LogP contribution in [0.4, 0.5) is 4.79 Å². The largest absolute Gasteiger partial charge is 0.453 e. The first-order valence-electron chi connectivity index (χ1n) is 4.93. The molecule has 0 bridgehead atoms. The Bertz CT molecular complexity index is 204. The molecule has 0 aliphatic carbocycles. The molecule has 0 saturated carbocycles. The zero-order valence-electron chi connectivity index (χ0n) is 9.29. The van der Waals surface area contributed by atoms with Crippen LogP contribution in [0.1, 0.15) is 33.6 Å². The Morgan fingerprint density at radius 2 is 1.93 bits per heavy atom. The van der Waals surface area contributed by atoms with Crippen molar-refractivity contribution in [3.05, 3.63) is 0 Å². The van der Waals surface area contributed by atoms with Gasteiger partial charge < -0.3 is 10.1 Å². The van der Waals surface area contributed by atoms with E-state index in [-0.39, 0.29) is 11.7 Å². The third kappa shape index (κ3) is 3.77. The van der Waals surface area contributed by atoms with Crippen molar-refractivity contribution < 1.29 is 14.3 Å². The van der Waals surface area contributed by atoms with Crippen molar-refractivity contribution in [3.8, 4) is 0 Å². The minimum atomic E-state index is -0.544. The van der Waals surface area contributed by atoms with Crippen molar-refractivity contribution >= 4 is 11.9 Å². The van der Waals surface area contributed by atoms with E-state index < -0.39 is 12.1 Å². The molecule has 0 aliphatic heterocycles. The molecule has 4 heteroatoms. The van der Waals surface area contributed by atoms with E-state index in [0.29, 0.717) is 6.42 Å². The Kier molecular flexibility index (Phi) is 5.92. The first-order chi connectivity index (χ1) is 6.56. The molecule has 14 heavy (non-hydrogen) atoms. The molecule has 1 amide bonds. The number of hydrogen-bond acceptors (Lipinski definition) is 3. The third-order valence-corrected chi connectivity index (χ3v) is 2.37. The molecule has 4 nitrogen and oxygen atoms in total. The van der Waals surface area contributed by atoms with Crippen molar-refractivity contribution in [2.75, 3.05) is 7.11 Å². The van der Waals surface area contributed by atoms with Gasteiger partial charge in [0.1, 0.15) is 0 Å². The molecule has 0 saturated heterocycles. The topological polar surface area (TPSA) is 55.4 Å². The lowest BCUT2D eigenvalue weighted by atomic mass is 9.94. The Morgan fingerprint density at radius 1 is 1.36 bits per heavy atom. The highest BCUT2D eigenvalue weighted by atomic mass is 16.5. The smallest absolute Gasteiger partial charge is 0.407 e. The number of carbonyl (C=O) groups is 2. The predicted octanol–water partition coefficient (Wildman–Crippen LogP) is 1.74. The van der Waals surface area contributed by atoms with Crippen LogP contribution in [0.5, 0.6) is 0 Å². The second-order valence-corrected chi connectivity index (χ2v) is 3.32. The predicted molar refractivity (Wildman–Crippen MR) is 54.1 cm³/mol. The minimum Gasteiger partial charge on any atom is -0.453 e. The first kappa shape index (κ1) is 12.9. The highest BCUT2D eigenvalue weighted by molar-refractivity contribution is 5.87. The summed E-state index contributed by atoms with van der Waals surface area (Å²) >= 11 is 0. The van der Waals surface area contributed by atoms with Crippen molar-refractivity contribution in [2.45, 2.75) is 39.7 Å². The van der Waals surface area contributed by atoms with Gasteiger partial charge in [0.15, 0.2) is 5.78 Å². The normalized spacial score (nSPS) is 14.3. The van der Waals surface area contributed by atoms with Crippen LogP contribution in [-0.2, 0) is 9.53 Å². The molecule has 0 radical (unpaired) electrons. The van der Waals surface area contributed by atoms with Crippen LogP contribution in [0.3, 0.4) is 0 Å². The van der Waals surface area contributed by atoms with Crippen LogP contribution in [0.2, 0.25) is 0 Å². The number of hydrogen-bond donors (Lipinski definition) is 1. The highest BCUT2D eigenvalue weighted by Gasteiger charge is 2.24. The van der Waals surface area contributed by atoms with E-state index in [0.717, 1.165) is 6.42 Å². The summed E-state index contributed by atoms with van der Waals surface area (Å²) < 4.78 is 4.47. The second kappa shape index (κ2) is 6.40. The summed E-state index contributed by atoms with van der Waals surface area (Å²) in [6.07, 6.45) is 0.733. The van der Waals surface area contributed by atoms with Crippen LogP contribution < -0.4 is 5.32 Å². The quantitative estimate of drug-likeness (QED) is 0.737. The van der Waals surface area contributed by atoms with E-state index in [9.17, 15) is 9.59 Å². The van der Waals surface area contributed by atoms with Crippen LogP contribution in [0.15, 0.2) is 0 Å². The van der Waals surface area contributed by atoms with E-state index in [1.807, 2.05) is 13.8 Å². The molecule has 0 heterocycles. The van der Waals surface area contributed by atoms with Crippen LogP contribution in [-0.4, -0.2) is 25.0 Å². The van der Waals surface area contributed by atoms with Crippen molar-refractivity contribution in [3.63, 3.8) is 0 Å². The number of Topliss-reactive ketones (excluding diaryl/α,β-unsaturated/α-hetero) is 1. The van der Waals surface area contributed by atoms with E-state index in [2.05, 4.69) is 10.1 Å². The number of methoxy groups -OCH3 is 1. The maximum Gasteiger partial charge on any atom is 0.407 e. The molecular formula is C10H19NO3. The number of ketones is 1. The van der Waals surface area contributed by atoms with Gasteiger partial charge in [0.05, 0.1) is 13.2 Å². The fourth-order valence-electron chi connectivity index (χ4n) is 1.18. The van der Waals surface area contributed by atoms with Gasteiger partial charge in [-0.2, -0.15) is 0 Å². The van der Waals surface area contributed by atoms with E-state index in [1.54, 1.807) is 6.92 Å². The molecule has 2 unspecified atom stereocenters. The third-order valence-electron chi connectivity index (χ3n) is 2.37. The van der Waals surface area contributed by atoms with Crippen LogP contribution >= 0.6 is 0 Å². The lowest BCUT2D eigenvalue weighted by Gasteiger charge is -2.21. The molecule has 82 valence electrons. The Morgan fingerprint density at radius 3 is 2.29 bits per heavy atom. The maximum atomic E-state index is 11.5. The summed E-state index contributed by atoms with van der Waals surface area (Å²) in [7, 11) is 1.29. The van der Waals surface area contributed by atoms with Gasteiger partial charge in [0.25, 0.3) is 0 Å². The average molecular weight is 201 g/mol. The monoisotopic (exact) mass is 201 g/mol. The lowest BCUT2D eigenvalue weighted by molar-refractivity contribution is -0.121. The molecule has 0 fully saturated rings. The molecule has 0 aliphatic rings. The average Bonchev–Trinajstić information content (AvgIpc) is 2.23. The van der Waals surface area contributed by atoms with Gasteiger partial charge in [-0.05, 0) is 5.92 Å². The molecule has 0 rings (SSSR count). The second-order valence-electron chi connectivity index (χ2n) is 3.32. The summed E-state index contributed by atoms with van der Waals surface area (Å²) in [4.78, 5) is 22.5. The summed E-state index contributed by atoms with van der Waals surface area (Å²) in [5.74, 6) is 0.186. The lowest BCUT2D eigenvalue weighted by Crippen LogP contribution is -2.44. The number of nitrogens with one attached hydrogen (secondary N) is 1. The molecular weight excluding hydrogens is 182 g/mol. The highest BCUT2D eigenvalue weighted by Crippen LogP contribution is 2.10. The molecule has 1 N–H and O–H groups in total. The van der Waals surface area contributed by atoms with Gasteiger partial charge in [-0.3, -0.25) is 4.79 Å². The summed E-state index contributed by atoms with van der Waals surface area (Å²) in [5.41, 5.74) is 0. The Labute approximate surface area is 85.0 Å². The summed E-state index contributed by atoms with van der Waals surface area (Å²) in [6, 6.07) is -0.419. The Hall–Kier alpha value is -1.06. The van der Waals surface area contributed by atoms with Crippen molar-refractivity contribution in [1.82, 2.24) is 5.32 Å². The standard InChI is InChI=1S/C10H19NO3/c1-5-7(3)9(8(12)6-2)11-10(13)14-4/h7,9H,5-6H2,1-4H3,(H,11,13). The first-order valence-corrected chi connectivity index (χ1v) is 4.93. The molecule has 0 aromatic rings. The summed E-state index contributed by atoms with van der Waals surface area (Å²) in [5, 5.41) is 2.56. The van der Waals surface area contributed by atoms with E-state index in [4.69, 9.17) is 0 Å². The number of rotatable bonds is 5. The van der Waals surface area contributed by atoms with E-state index in [1.165, 1.54) is 7.11 Å². The number of carbonyl (C=O) groups excluding carboxylic acids is 2.